The van der Waals surface area contributed by atoms with Crippen molar-refractivity contribution in [2.45, 2.75) is 13.0 Å². The maximum Gasteiger partial charge on any atom is 0.226 e. The van der Waals surface area contributed by atoms with Crippen LogP contribution in [0.2, 0.25) is 0 Å². The average Bonchev–Trinajstić information content (AvgIpc) is 1.83. The highest BCUT2D eigenvalue weighted by Gasteiger charge is 2.24. The number of carbonyl (C=O) groups is 1. The lowest BCUT2D eigenvalue weighted by Crippen LogP contribution is -2.52. The summed E-state index contributed by atoms with van der Waals surface area (Å²) in [5.41, 5.74) is 0. The molecule has 1 aliphatic rings. The van der Waals surface area contributed by atoms with Gasteiger partial charge in [0.15, 0.2) is 0 Å². The van der Waals surface area contributed by atoms with Crippen LogP contribution < -0.4 is 10.6 Å². The fourth-order valence-electron chi connectivity index (χ4n) is 0.847. The molecule has 1 amide bonds. The molecule has 0 aromatic carbocycles. The van der Waals surface area contributed by atoms with Crippen LogP contribution in [0.25, 0.3) is 0 Å². The average molecular weight is 152 g/mol. The summed E-state index contributed by atoms with van der Waals surface area (Å²) in [4.78, 5) is 11.1. The lowest BCUT2D eigenvalue weighted by Gasteiger charge is -2.26. The first kappa shape index (κ1) is 8.09. The Morgan fingerprint density at radius 2 is 2.45 bits per heavy atom. The lowest BCUT2D eigenvalue weighted by atomic mass is 10.0. The molecular weight excluding hydrogens is 140 g/mol. The number of nitrogens with one attached hydrogen (secondary N) is 2. The zero-order chi connectivity index (χ0) is 8.27. The summed E-state index contributed by atoms with van der Waals surface area (Å²) in [5, 5.41) is 5.74. The molecule has 1 aliphatic heterocycles. The van der Waals surface area contributed by atoms with E-state index in [1.165, 1.54) is 0 Å². The zero-order valence-electron chi connectivity index (χ0n) is 6.55. The van der Waals surface area contributed by atoms with Crippen molar-refractivity contribution >= 4 is 5.91 Å². The summed E-state index contributed by atoms with van der Waals surface area (Å²) in [6.45, 7) is 3.36. The van der Waals surface area contributed by atoms with E-state index < -0.39 is 0 Å². The van der Waals surface area contributed by atoms with E-state index in [9.17, 15) is 4.79 Å². The smallest absolute Gasteiger partial charge is 0.226 e. The molecular formula is C8H12N2O. The largest absolute Gasteiger partial charge is 0.342 e. The van der Waals surface area contributed by atoms with Crippen molar-refractivity contribution in [3.8, 4) is 12.3 Å². The standard InChI is InChI=1S/C8H12N2O/c1-3-6(2)10-8(11)7-4-9-5-7/h1,6-7,9H,4-5H2,2H3,(H,10,11). The van der Waals surface area contributed by atoms with Crippen LogP contribution in [0.3, 0.4) is 0 Å². The van der Waals surface area contributed by atoms with Gasteiger partial charge in [0.05, 0.1) is 12.0 Å². The first-order valence-electron chi connectivity index (χ1n) is 3.71. The number of amides is 1. The molecule has 1 atom stereocenters. The minimum Gasteiger partial charge on any atom is -0.342 e. The highest BCUT2D eigenvalue weighted by molar-refractivity contribution is 5.80. The molecule has 1 saturated heterocycles. The van der Waals surface area contributed by atoms with Crippen LogP contribution >= 0.6 is 0 Å². The van der Waals surface area contributed by atoms with Gasteiger partial charge in [0.2, 0.25) is 5.91 Å². The predicted octanol–water partition coefficient (Wildman–Crippen LogP) is -0.656. The van der Waals surface area contributed by atoms with Crippen molar-refractivity contribution in [2.24, 2.45) is 5.92 Å². The van der Waals surface area contributed by atoms with E-state index >= 15 is 0 Å². The van der Waals surface area contributed by atoms with Gasteiger partial charge in [0.1, 0.15) is 0 Å². The van der Waals surface area contributed by atoms with Crippen LogP contribution in [-0.4, -0.2) is 25.0 Å². The van der Waals surface area contributed by atoms with Gasteiger partial charge in [0.25, 0.3) is 0 Å². The van der Waals surface area contributed by atoms with Crippen LogP contribution in [0.4, 0.5) is 0 Å². The van der Waals surface area contributed by atoms with Crippen molar-refractivity contribution in [3.63, 3.8) is 0 Å². The Balaban J connectivity index is 2.26. The molecule has 3 nitrogen and oxygen atoms in total. The fourth-order valence-corrected chi connectivity index (χ4v) is 0.847. The molecule has 11 heavy (non-hydrogen) atoms. The van der Waals surface area contributed by atoms with Crippen LogP contribution in [0.1, 0.15) is 6.92 Å². The first-order chi connectivity index (χ1) is 5.24. The van der Waals surface area contributed by atoms with Gasteiger partial charge in [0, 0.05) is 13.1 Å². The summed E-state index contributed by atoms with van der Waals surface area (Å²) in [7, 11) is 0. The third-order valence-corrected chi connectivity index (χ3v) is 1.76. The minimum absolute atomic E-state index is 0.0641. The molecule has 0 bridgehead atoms. The molecule has 0 aromatic rings. The Morgan fingerprint density at radius 3 is 2.82 bits per heavy atom. The minimum atomic E-state index is -0.150. The van der Waals surface area contributed by atoms with Crippen molar-refractivity contribution in [1.82, 2.24) is 10.6 Å². The Bertz CT molecular complexity index is 191. The Labute approximate surface area is 66.5 Å². The second kappa shape index (κ2) is 3.40. The monoisotopic (exact) mass is 152 g/mol. The highest BCUT2D eigenvalue weighted by atomic mass is 16.2. The van der Waals surface area contributed by atoms with Crippen molar-refractivity contribution in [1.29, 1.82) is 0 Å². The van der Waals surface area contributed by atoms with E-state index in [0.29, 0.717) is 0 Å². The number of hydrogen-bond acceptors (Lipinski definition) is 2. The molecule has 1 heterocycles. The molecule has 3 heteroatoms. The summed E-state index contributed by atoms with van der Waals surface area (Å²) in [5.74, 6) is 2.64. The number of terminal acetylenes is 1. The summed E-state index contributed by atoms with van der Waals surface area (Å²) < 4.78 is 0. The maximum atomic E-state index is 11.1. The third-order valence-electron chi connectivity index (χ3n) is 1.76. The fraction of sp³-hybridized carbons (Fsp3) is 0.625. The molecule has 0 aromatic heterocycles. The van der Waals surface area contributed by atoms with Crippen LogP contribution in [0.15, 0.2) is 0 Å². The van der Waals surface area contributed by atoms with Gasteiger partial charge in [-0.15, -0.1) is 6.42 Å². The van der Waals surface area contributed by atoms with Crippen molar-refractivity contribution in [2.75, 3.05) is 13.1 Å². The number of carbonyl (C=O) groups excluding carboxylic acids is 1. The molecule has 1 fully saturated rings. The summed E-state index contributed by atoms with van der Waals surface area (Å²) >= 11 is 0. The molecule has 1 unspecified atom stereocenters. The second-order valence-corrected chi connectivity index (χ2v) is 2.75. The summed E-state index contributed by atoms with van der Waals surface area (Å²) in [6.07, 6.45) is 5.10. The van der Waals surface area contributed by atoms with Gasteiger partial charge < -0.3 is 10.6 Å². The van der Waals surface area contributed by atoms with Gasteiger partial charge in [-0.3, -0.25) is 4.79 Å². The van der Waals surface area contributed by atoms with Gasteiger partial charge >= 0.3 is 0 Å². The number of rotatable bonds is 2. The first-order valence-corrected chi connectivity index (χ1v) is 3.71. The normalized spacial score (nSPS) is 19.6. The molecule has 60 valence electrons. The highest BCUT2D eigenvalue weighted by Crippen LogP contribution is 2.02. The topological polar surface area (TPSA) is 41.1 Å². The summed E-state index contributed by atoms with van der Waals surface area (Å²) in [6, 6.07) is -0.150. The van der Waals surface area contributed by atoms with Crippen LogP contribution in [0.5, 0.6) is 0 Å². The van der Waals surface area contributed by atoms with Gasteiger partial charge in [-0.2, -0.15) is 0 Å². The molecule has 0 spiro atoms. The zero-order valence-corrected chi connectivity index (χ0v) is 6.55. The Hall–Kier alpha value is -1.01. The van der Waals surface area contributed by atoms with E-state index in [4.69, 9.17) is 6.42 Å². The Kier molecular flexibility index (Phi) is 2.50. The van der Waals surface area contributed by atoms with Gasteiger partial charge in [-0.1, -0.05) is 5.92 Å². The van der Waals surface area contributed by atoms with E-state index in [2.05, 4.69) is 16.6 Å². The SMILES string of the molecule is C#CC(C)NC(=O)C1CNC1. The molecule has 2 N–H and O–H groups in total. The van der Waals surface area contributed by atoms with E-state index in [1.54, 1.807) is 6.92 Å². The quantitative estimate of drug-likeness (QED) is 0.516. The third kappa shape index (κ3) is 1.95. The Morgan fingerprint density at radius 1 is 1.82 bits per heavy atom. The number of hydrogen-bond donors (Lipinski definition) is 2. The molecule has 0 radical (unpaired) electrons. The van der Waals surface area contributed by atoms with Gasteiger partial charge in [-0.05, 0) is 6.92 Å². The molecule has 1 rings (SSSR count). The predicted molar refractivity (Wildman–Crippen MR) is 42.8 cm³/mol. The van der Waals surface area contributed by atoms with Crippen molar-refractivity contribution in [3.05, 3.63) is 0 Å². The van der Waals surface area contributed by atoms with Crippen molar-refractivity contribution < 1.29 is 4.79 Å². The van der Waals surface area contributed by atoms with E-state index in [1.807, 2.05) is 0 Å². The maximum absolute atomic E-state index is 11.1. The van der Waals surface area contributed by atoms with E-state index in [0.717, 1.165) is 13.1 Å². The molecule has 0 aliphatic carbocycles. The van der Waals surface area contributed by atoms with E-state index in [-0.39, 0.29) is 17.9 Å². The van der Waals surface area contributed by atoms with Crippen LogP contribution in [0, 0.1) is 18.3 Å². The lowest BCUT2D eigenvalue weighted by molar-refractivity contribution is -0.126. The second-order valence-electron chi connectivity index (χ2n) is 2.75. The van der Waals surface area contributed by atoms with Crippen LogP contribution in [-0.2, 0) is 4.79 Å². The molecule has 0 saturated carbocycles. The van der Waals surface area contributed by atoms with Gasteiger partial charge in [-0.25, -0.2) is 0 Å².